The molecule has 0 saturated carbocycles. The van der Waals surface area contributed by atoms with Gasteiger partial charge in [-0.2, -0.15) is 0 Å². The summed E-state index contributed by atoms with van der Waals surface area (Å²) >= 11 is 0. The Bertz CT molecular complexity index is 415. The molecule has 2 N–H and O–H groups in total. The highest BCUT2D eigenvalue weighted by Gasteiger charge is 2.29. The van der Waals surface area contributed by atoms with Gasteiger partial charge < -0.3 is 15.1 Å². The van der Waals surface area contributed by atoms with Gasteiger partial charge in [0.05, 0.1) is 12.2 Å². The molecule has 0 aliphatic carbocycles. The first-order chi connectivity index (χ1) is 8.52. The predicted octanol–water partition coefficient (Wildman–Crippen LogP) is 1.17. The van der Waals surface area contributed by atoms with Gasteiger partial charge in [-0.25, -0.2) is 0 Å². The third-order valence-electron chi connectivity index (χ3n) is 3.51. The van der Waals surface area contributed by atoms with Crippen molar-refractivity contribution in [3.8, 4) is 0 Å². The maximum atomic E-state index is 12.2. The van der Waals surface area contributed by atoms with E-state index in [1.165, 1.54) is 0 Å². The second-order valence-electron chi connectivity index (χ2n) is 5.14. The van der Waals surface area contributed by atoms with Gasteiger partial charge in [-0.1, -0.05) is 12.1 Å². The number of carbonyl (C=O) groups is 1. The molecular weight excluding hydrogens is 230 g/mol. The highest BCUT2D eigenvalue weighted by atomic mass is 16.3. The summed E-state index contributed by atoms with van der Waals surface area (Å²) in [6.07, 6.45) is 1.24. The smallest absolute Gasteiger partial charge is 0.253 e. The molecule has 4 nitrogen and oxygen atoms in total. The van der Waals surface area contributed by atoms with Crippen LogP contribution in [-0.2, 0) is 6.61 Å². The predicted molar refractivity (Wildman–Crippen MR) is 68.1 cm³/mol. The third kappa shape index (κ3) is 2.89. The van der Waals surface area contributed by atoms with E-state index in [-0.39, 0.29) is 12.5 Å². The van der Waals surface area contributed by atoms with Gasteiger partial charge >= 0.3 is 0 Å². The molecule has 0 unspecified atom stereocenters. The van der Waals surface area contributed by atoms with Crippen LogP contribution in [0.4, 0.5) is 0 Å². The summed E-state index contributed by atoms with van der Waals surface area (Å²) in [5.74, 6) is -0.00464. The molecular formula is C14H19NO3. The molecule has 1 saturated heterocycles. The minimum Gasteiger partial charge on any atom is -0.392 e. The zero-order chi connectivity index (χ0) is 13.2. The van der Waals surface area contributed by atoms with Crippen molar-refractivity contribution in [3.63, 3.8) is 0 Å². The molecule has 1 aliphatic rings. The number of amides is 1. The fourth-order valence-corrected chi connectivity index (χ4v) is 2.13. The van der Waals surface area contributed by atoms with E-state index in [9.17, 15) is 9.90 Å². The van der Waals surface area contributed by atoms with Crippen molar-refractivity contribution in [2.45, 2.75) is 32.0 Å². The van der Waals surface area contributed by atoms with Gasteiger partial charge in [-0.15, -0.1) is 0 Å². The molecule has 98 valence electrons. The number of benzene rings is 1. The van der Waals surface area contributed by atoms with Crippen LogP contribution in [0.2, 0.25) is 0 Å². The van der Waals surface area contributed by atoms with E-state index < -0.39 is 5.60 Å². The average molecular weight is 249 g/mol. The van der Waals surface area contributed by atoms with Crippen LogP contribution in [0.5, 0.6) is 0 Å². The molecule has 0 atom stereocenters. The molecule has 1 aromatic rings. The van der Waals surface area contributed by atoms with E-state index in [1.54, 1.807) is 29.2 Å². The van der Waals surface area contributed by atoms with Crippen LogP contribution in [-0.4, -0.2) is 39.7 Å². The topological polar surface area (TPSA) is 60.8 Å². The van der Waals surface area contributed by atoms with Gasteiger partial charge in [-0.3, -0.25) is 4.79 Å². The number of rotatable bonds is 2. The summed E-state index contributed by atoms with van der Waals surface area (Å²) in [6, 6.07) is 6.99. The highest BCUT2D eigenvalue weighted by molar-refractivity contribution is 5.94. The van der Waals surface area contributed by atoms with Crippen molar-refractivity contribution in [3.05, 3.63) is 35.4 Å². The van der Waals surface area contributed by atoms with E-state index in [0.29, 0.717) is 31.5 Å². The Morgan fingerprint density at radius 2 is 1.83 bits per heavy atom. The molecule has 1 amide bonds. The maximum Gasteiger partial charge on any atom is 0.253 e. The summed E-state index contributed by atoms with van der Waals surface area (Å²) in [6.45, 7) is 2.98. The fraction of sp³-hybridized carbons (Fsp3) is 0.500. The molecule has 1 fully saturated rings. The average Bonchev–Trinajstić information content (AvgIpc) is 2.38. The summed E-state index contributed by atoms with van der Waals surface area (Å²) in [5.41, 5.74) is 0.791. The van der Waals surface area contributed by atoms with E-state index in [1.807, 2.05) is 6.92 Å². The monoisotopic (exact) mass is 249 g/mol. The van der Waals surface area contributed by atoms with Crippen LogP contribution in [0.1, 0.15) is 35.7 Å². The number of aliphatic hydroxyl groups excluding tert-OH is 1. The largest absolute Gasteiger partial charge is 0.392 e. The molecule has 18 heavy (non-hydrogen) atoms. The van der Waals surface area contributed by atoms with E-state index in [2.05, 4.69) is 0 Å². The first-order valence-corrected chi connectivity index (χ1v) is 6.23. The highest BCUT2D eigenvalue weighted by Crippen LogP contribution is 2.22. The molecule has 0 spiro atoms. The third-order valence-corrected chi connectivity index (χ3v) is 3.51. The zero-order valence-corrected chi connectivity index (χ0v) is 10.6. The number of aliphatic hydroxyl groups is 2. The lowest BCUT2D eigenvalue weighted by Gasteiger charge is -2.35. The Labute approximate surface area is 107 Å². The number of hydrogen-bond acceptors (Lipinski definition) is 3. The van der Waals surface area contributed by atoms with Gasteiger partial charge in [0.1, 0.15) is 0 Å². The maximum absolute atomic E-state index is 12.2. The Morgan fingerprint density at radius 1 is 1.28 bits per heavy atom. The van der Waals surface area contributed by atoms with Crippen LogP contribution < -0.4 is 0 Å². The van der Waals surface area contributed by atoms with Gasteiger partial charge in [0, 0.05) is 18.7 Å². The van der Waals surface area contributed by atoms with Crippen LogP contribution in [0.25, 0.3) is 0 Å². The van der Waals surface area contributed by atoms with Crippen LogP contribution in [0, 0.1) is 0 Å². The van der Waals surface area contributed by atoms with Gasteiger partial charge in [-0.05, 0) is 37.5 Å². The fourth-order valence-electron chi connectivity index (χ4n) is 2.13. The second kappa shape index (κ2) is 5.08. The molecule has 1 heterocycles. The van der Waals surface area contributed by atoms with Gasteiger partial charge in [0.25, 0.3) is 5.91 Å². The molecule has 1 aliphatic heterocycles. The lowest BCUT2D eigenvalue weighted by Crippen LogP contribution is -2.45. The van der Waals surface area contributed by atoms with Crippen molar-refractivity contribution in [1.29, 1.82) is 0 Å². The van der Waals surface area contributed by atoms with E-state index in [0.717, 1.165) is 5.56 Å². The van der Waals surface area contributed by atoms with Crippen LogP contribution in [0.3, 0.4) is 0 Å². The van der Waals surface area contributed by atoms with Gasteiger partial charge in [0.2, 0.25) is 0 Å². The van der Waals surface area contributed by atoms with Crippen molar-refractivity contribution in [1.82, 2.24) is 4.90 Å². The first-order valence-electron chi connectivity index (χ1n) is 6.23. The van der Waals surface area contributed by atoms with Crippen molar-refractivity contribution >= 4 is 5.91 Å². The summed E-state index contributed by atoms with van der Waals surface area (Å²) in [7, 11) is 0. The molecule has 0 aromatic heterocycles. The standard InChI is InChI=1S/C14H19NO3/c1-14(18)6-8-15(9-7-14)13(17)12-4-2-11(10-16)3-5-12/h2-5,16,18H,6-10H2,1H3. The normalized spacial score (nSPS) is 18.7. The summed E-state index contributed by atoms with van der Waals surface area (Å²) < 4.78 is 0. The quantitative estimate of drug-likeness (QED) is 0.827. The SMILES string of the molecule is CC1(O)CCN(C(=O)c2ccc(CO)cc2)CC1. The number of carbonyl (C=O) groups excluding carboxylic acids is 1. The molecule has 0 radical (unpaired) electrons. The number of nitrogens with zero attached hydrogens (tertiary/aromatic N) is 1. The number of hydrogen-bond donors (Lipinski definition) is 2. The van der Waals surface area contributed by atoms with Crippen molar-refractivity contribution in [2.24, 2.45) is 0 Å². The first kappa shape index (κ1) is 13.1. The van der Waals surface area contributed by atoms with Crippen LogP contribution in [0.15, 0.2) is 24.3 Å². The van der Waals surface area contributed by atoms with E-state index >= 15 is 0 Å². The molecule has 1 aromatic carbocycles. The number of likely N-dealkylation sites (tertiary alicyclic amines) is 1. The lowest BCUT2D eigenvalue weighted by molar-refractivity contribution is -0.00202. The van der Waals surface area contributed by atoms with Crippen molar-refractivity contribution < 1.29 is 15.0 Å². The molecule has 2 rings (SSSR count). The minimum atomic E-state index is -0.641. The Balaban J connectivity index is 2.03. The minimum absolute atomic E-state index is 0.00464. The Morgan fingerprint density at radius 3 is 2.33 bits per heavy atom. The Hall–Kier alpha value is -1.39. The summed E-state index contributed by atoms with van der Waals surface area (Å²) in [5, 5.41) is 18.8. The van der Waals surface area contributed by atoms with E-state index in [4.69, 9.17) is 5.11 Å². The number of piperidine rings is 1. The van der Waals surface area contributed by atoms with Crippen LogP contribution >= 0.6 is 0 Å². The molecule has 4 heteroatoms. The summed E-state index contributed by atoms with van der Waals surface area (Å²) in [4.78, 5) is 14.0. The second-order valence-corrected chi connectivity index (χ2v) is 5.14. The lowest BCUT2D eigenvalue weighted by atomic mass is 9.93. The molecule has 0 bridgehead atoms. The van der Waals surface area contributed by atoms with Gasteiger partial charge in [0.15, 0.2) is 0 Å². The Kier molecular flexibility index (Phi) is 3.68. The zero-order valence-electron chi connectivity index (χ0n) is 10.6. The van der Waals surface area contributed by atoms with Crippen molar-refractivity contribution in [2.75, 3.05) is 13.1 Å².